The van der Waals surface area contributed by atoms with E-state index in [9.17, 15) is 10.1 Å². The third-order valence-corrected chi connectivity index (χ3v) is 3.84. The Balaban J connectivity index is 1.58. The Morgan fingerprint density at radius 2 is 2.12 bits per heavy atom. The average molecular weight is 341 g/mol. The molecule has 1 aliphatic heterocycles. The Labute approximate surface area is 142 Å². The first-order chi connectivity index (χ1) is 12.2. The summed E-state index contributed by atoms with van der Waals surface area (Å²) >= 11 is 0. The van der Waals surface area contributed by atoms with Gasteiger partial charge in [0.1, 0.15) is 6.20 Å². The highest BCUT2D eigenvalue weighted by atomic mass is 16.6. The zero-order valence-corrected chi connectivity index (χ0v) is 13.2. The third kappa shape index (κ3) is 2.91. The Morgan fingerprint density at radius 1 is 1.24 bits per heavy atom. The number of nitrogens with zero attached hydrogens (tertiary/aromatic N) is 4. The van der Waals surface area contributed by atoms with Crippen molar-refractivity contribution in [3.8, 4) is 11.5 Å². The van der Waals surface area contributed by atoms with Gasteiger partial charge in [0.05, 0.1) is 13.2 Å². The number of benzene rings is 1. The van der Waals surface area contributed by atoms with E-state index in [1.54, 1.807) is 12.1 Å². The highest BCUT2D eigenvalue weighted by Gasteiger charge is 2.17. The van der Waals surface area contributed by atoms with E-state index in [2.05, 4.69) is 15.4 Å². The lowest BCUT2D eigenvalue weighted by Gasteiger charge is -2.13. The number of ether oxygens (including phenoxy) is 2. The molecule has 25 heavy (non-hydrogen) atoms. The molecule has 0 unspecified atom stereocenters. The number of hydrogen-bond donors (Lipinski definition) is 1. The second-order valence-electron chi connectivity index (χ2n) is 5.51. The van der Waals surface area contributed by atoms with Crippen LogP contribution in [0.1, 0.15) is 12.0 Å². The maximum Gasteiger partial charge on any atom is 0.368 e. The molecular weight excluding hydrogens is 326 g/mol. The van der Waals surface area contributed by atoms with Gasteiger partial charge in [-0.1, -0.05) is 21.7 Å². The molecule has 3 heterocycles. The number of aromatic nitrogens is 3. The predicted molar refractivity (Wildman–Crippen MR) is 89.0 cm³/mol. The molecule has 0 saturated carbocycles. The minimum atomic E-state index is -0.515. The first kappa shape index (κ1) is 15.2. The van der Waals surface area contributed by atoms with Crippen molar-refractivity contribution in [2.24, 2.45) is 0 Å². The molecule has 0 fully saturated rings. The second kappa shape index (κ2) is 6.27. The van der Waals surface area contributed by atoms with Crippen molar-refractivity contribution in [1.29, 1.82) is 0 Å². The van der Waals surface area contributed by atoms with Gasteiger partial charge in [-0.3, -0.25) is 0 Å². The van der Waals surface area contributed by atoms with Gasteiger partial charge in [0.25, 0.3) is 0 Å². The van der Waals surface area contributed by atoms with Gasteiger partial charge >= 0.3 is 5.82 Å². The number of hydrogen-bond acceptors (Lipinski definition) is 7. The summed E-state index contributed by atoms with van der Waals surface area (Å²) < 4.78 is 12.7. The molecule has 1 aliphatic rings. The van der Waals surface area contributed by atoms with Crippen molar-refractivity contribution in [3.63, 3.8) is 0 Å². The van der Waals surface area contributed by atoms with E-state index in [0.29, 0.717) is 31.2 Å². The van der Waals surface area contributed by atoms with E-state index in [4.69, 9.17) is 9.47 Å². The van der Waals surface area contributed by atoms with E-state index in [1.807, 2.05) is 18.2 Å². The van der Waals surface area contributed by atoms with Gasteiger partial charge in [-0.2, -0.15) is 0 Å². The summed E-state index contributed by atoms with van der Waals surface area (Å²) in [5.74, 6) is 1.78. The van der Waals surface area contributed by atoms with Gasteiger partial charge < -0.3 is 24.9 Å². The molecule has 1 N–H and O–H groups in total. The van der Waals surface area contributed by atoms with Crippen LogP contribution in [0.15, 0.2) is 36.5 Å². The molecule has 9 heteroatoms. The summed E-state index contributed by atoms with van der Waals surface area (Å²) in [6, 6.07) is 9.13. The molecule has 9 nitrogen and oxygen atoms in total. The van der Waals surface area contributed by atoms with Gasteiger partial charge in [-0.05, 0) is 17.1 Å². The Morgan fingerprint density at radius 3 is 3.00 bits per heavy atom. The number of rotatable bonds is 4. The molecule has 0 radical (unpaired) electrons. The molecule has 0 atom stereocenters. The summed E-state index contributed by atoms with van der Waals surface area (Å²) in [6.45, 7) is 1.69. The number of nitro groups is 1. The maximum absolute atomic E-state index is 11.0. The highest BCUT2D eigenvalue weighted by molar-refractivity contribution is 5.51. The van der Waals surface area contributed by atoms with Crippen molar-refractivity contribution >= 4 is 17.3 Å². The summed E-state index contributed by atoms with van der Waals surface area (Å²) in [5, 5.41) is 18.4. The molecule has 0 bridgehead atoms. The number of anilines is 1. The smallest absolute Gasteiger partial charge is 0.368 e. The fourth-order valence-corrected chi connectivity index (χ4v) is 2.66. The largest absolute Gasteiger partial charge is 0.490 e. The fraction of sp³-hybridized carbons (Fsp3) is 0.250. The summed E-state index contributed by atoms with van der Waals surface area (Å²) in [5.41, 5.74) is 1.35. The Bertz CT molecular complexity index is 939. The minimum absolute atomic E-state index is 0.177. The fourth-order valence-electron chi connectivity index (χ4n) is 2.66. The van der Waals surface area contributed by atoms with Crippen LogP contribution in [0.2, 0.25) is 0 Å². The molecule has 0 amide bonds. The molecular formula is C16H15N5O4. The summed E-state index contributed by atoms with van der Waals surface area (Å²) in [6.07, 6.45) is 2.03. The van der Waals surface area contributed by atoms with Gasteiger partial charge in [0, 0.05) is 24.6 Å². The second-order valence-corrected chi connectivity index (χ2v) is 5.51. The molecule has 4 rings (SSSR count). The van der Waals surface area contributed by atoms with Crippen LogP contribution in [0.5, 0.6) is 11.5 Å². The van der Waals surface area contributed by atoms with Crippen LogP contribution in [0.25, 0.3) is 5.65 Å². The first-order valence-electron chi connectivity index (χ1n) is 7.83. The topological polar surface area (TPSA) is 104 Å². The van der Waals surface area contributed by atoms with Crippen LogP contribution >= 0.6 is 0 Å². The quantitative estimate of drug-likeness (QED) is 0.574. The van der Waals surface area contributed by atoms with Crippen LogP contribution in [0.4, 0.5) is 11.6 Å². The Kier molecular flexibility index (Phi) is 3.81. The van der Waals surface area contributed by atoms with Gasteiger partial charge in [-0.15, -0.1) is 0 Å². The van der Waals surface area contributed by atoms with Gasteiger partial charge in [0.2, 0.25) is 5.65 Å². The molecule has 2 aromatic heterocycles. The van der Waals surface area contributed by atoms with Crippen molar-refractivity contribution in [2.75, 3.05) is 18.5 Å². The van der Waals surface area contributed by atoms with Crippen LogP contribution < -0.4 is 14.8 Å². The first-order valence-corrected chi connectivity index (χ1v) is 7.83. The average Bonchev–Trinajstić information content (AvgIpc) is 2.89. The standard InChI is InChI=1S/C16H15N5O4/c22-21(23)15-10-18-14-6-5-13(19-20(14)15)17-9-11-3-1-4-12-16(11)25-8-2-7-24-12/h1,3-6,10H,2,7-9H2,(H,17,19). The van der Waals surface area contributed by atoms with Crippen LogP contribution in [0, 0.1) is 10.1 Å². The normalized spacial score (nSPS) is 13.4. The molecule has 1 aromatic carbocycles. The van der Waals surface area contributed by atoms with Crippen molar-refractivity contribution < 1.29 is 14.4 Å². The van der Waals surface area contributed by atoms with E-state index in [0.717, 1.165) is 23.5 Å². The van der Waals surface area contributed by atoms with E-state index in [-0.39, 0.29) is 5.82 Å². The summed E-state index contributed by atoms with van der Waals surface area (Å²) in [7, 11) is 0. The van der Waals surface area contributed by atoms with E-state index < -0.39 is 4.92 Å². The number of nitrogens with one attached hydrogen (secondary N) is 1. The number of para-hydroxylation sites is 1. The van der Waals surface area contributed by atoms with Crippen LogP contribution in [-0.2, 0) is 6.54 Å². The van der Waals surface area contributed by atoms with Crippen LogP contribution in [-0.4, -0.2) is 32.7 Å². The van der Waals surface area contributed by atoms with Crippen molar-refractivity contribution in [2.45, 2.75) is 13.0 Å². The van der Waals surface area contributed by atoms with E-state index in [1.165, 1.54) is 10.7 Å². The number of fused-ring (bicyclic) bond motifs is 2. The molecule has 0 spiro atoms. The molecule has 3 aromatic rings. The number of imidazole rings is 1. The predicted octanol–water partition coefficient (Wildman–Crippen LogP) is 2.41. The molecule has 0 aliphatic carbocycles. The maximum atomic E-state index is 11.0. The van der Waals surface area contributed by atoms with Crippen molar-refractivity contribution in [1.82, 2.24) is 14.6 Å². The monoisotopic (exact) mass is 341 g/mol. The molecule has 128 valence electrons. The zero-order valence-electron chi connectivity index (χ0n) is 13.2. The highest BCUT2D eigenvalue weighted by Crippen LogP contribution is 2.33. The van der Waals surface area contributed by atoms with Crippen LogP contribution in [0.3, 0.4) is 0 Å². The Hall–Kier alpha value is -3.36. The third-order valence-electron chi connectivity index (χ3n) is 3.84. The van der Waals surface area contributed by atoms with Crippen molar-refractivity contribution in [3.05, 3.63) is 52.2 Å². The lowest BCUT2D eigenvalue weighted by Crippen LogP contribution is -2.07. The van der Waals surface area contributed by atoms with Gasteiger partial charge in [-0.25, -0.2) is 4.98 Å². The van der Waals surface area contributed by atoms with E-state index >= 15 is 0 Å². The minimum Gasteiger partial charge on any atom is -0.490 e. The lowest BCUT2D eigenvalue weighted by atomic mass is 10.2. The lowest BCUT2D eigenvalue weighted by molar-refractivity contribution is -0.391. The summed E-state index contributed by atoms with van der Waals surface area (Å²) in [4.78, 5) is 14.5. The zero-order chi connectivity index (χ0) is 17.2. The molecule has 0 saturated heterocycles. The van der Waals surface area contributed by atoms with Gasteiger partial charge in [0.15, 0.2) is 17.3 Å². The SMILES string of the molecule is O=[N+]([O-])c1cnc2ccc(NCc3cccc4c3OCCCO4)nn12.